The molecular weight excluding hydrogens is 170 g/mol. The molecule has 13 heavy (non-hydrogen) atoms. The van der Waals surface area contributed by atoms with Crippen molar-refractivity contribution in [1.29, 1.82) is 0 Å². The van der Waals surface area contributed by atoms with E-state index in [2.05, 4.69) is 15.3 Å². The Balaban J connectivity index is 3.75. The lowest BCUT2D eigenvalue weighted by Gasteiger charge is -2.08. The van der Waals surface area contributed by atoms with Crippen molar-refractivity contribution in [2.75, 3.05) is 27.2 Å². The topological polar surface area (TPSA) is 53.9 Å². The lowest BCUT2D eigenvalue weighted by Crippen LogP contribution is -2.25. The fourth-order valence-corrected chi connectivity index (χ4v) is 0.797. The maximum absolute atomic E-state index is 10.8. The number of ether oxygens (including phenoxy) is 1. The lowest BCUT2D eigenvalue weighted by molar-refractivity contribution is 0.152. The Morgan fingerprint density at radius 1 is 1.54 bits per heavy atom. The SMILES string of the molecule is CCOC(=O)NN=C(C)CN(C)C. The van der Waals surface area contributed by atoms with Gasteiger partial charge in [0.1, 0.15) is 0 Å². The van der Waals surface area contributed by atoms with Crippen LogP contribution in [0.2, 0.25) is 0 Å². The highest BCUT2D eigenvalue weighted by molar-refractivity contribution is 5.84. The quantitative estimate of drug-likeness (QED) is 0.520. The molecule has 0 aromatic carbocycles. The molecule has 0 aromatic rings. The largest absolute Gasteiger partial charge is 0.449 e. The molecule has 76 valence electrons. The molecule has 1 amide bonds. The standard InChI is InChI=1S/C8H17N3O2/c1-5-13-8(12)10-9-7(2)6-11(3)4/h5-6H2,1-4H3,(H,10,12). The molecule has 0 bridgehead atoms. The van der Waals surface area contributed by atoms with Crippen molar-refractivity contribution < 1.29 is 9.53 Å². The van der Waals surface area contributed by atoms with E-state index >= 15 is 0 Å². The monoisotopic (exact) mass is 187 g/mol. The zero-order valence-electron chi connectivity index (χ0n) is 8.63. The van der Waals surface area contributed by atoms with Gasteiger partial charge in [-0.2, -0.15) is 5.10 Å². The first-order chi connectivity index (χ1) is 6.06. The molecule has 0 unspecified atom stereocenters. The van der Waals surface area contributed by atoms with E-state index in [1.54, 1.807) is 6.92 Å². The summed E-state index contributed by atoms with van der Waals surface area (Å²) < 4.78 is 4.63. The summed E-state index contributed by atoms with van der Waals surface area (Å²) >= 11 is 0. The Kier molecular flexibility index (Phi) is 5.88. The summed E-state index contributed by atoms with van der Waals surface area (Å²) in [7, 11) is 3.87. The van der Waals surface area contributed by atoms with Gasteiger partial charge in [0.05, 0.1) is 6.61 Å². The molecule has 0 aromatic heterocycles. The van der Waals surface area contributed by atoms with E-state index in [9.17, 15) is 4.79 Å². The average molecular weight is 187 g/mol. The molecule has 0 aliphatic rings. The first kappa shape index (κ1) is 11.9. The van der Waals surface area contributed by atoms with Crippen molar-refractivity contribution in [2.45, 2.75) is 13.8 Å². The lowest BCUT2D eigenvalue weighted by atomic mass is 10.4. The first-order valence-electron chi connectivity index (χ1n) is 4.17. The highest BCUT2D eigenvalue weighted by Gasteiger charge is 1.98. The van der Waals surface area contributed by atoms with Gasteiger partial charge >= 0.3 is 6.09 Å². The van der Waals surface area contributed by atoms with E-state index in [0.29, 0.717) is 13.2 Å². The Labute approximate surface area is 78.7 Å². The number of hydrazone groups is 1. The molecule has 0 fully saturated rings. The molecule has 0 radical (unpaired) electrons. The fraction of sp³-hybridized carbons (Fsp3) is 0.750. The molecule has 0 heterocycles. The second-order valence-corrected chi connectivity index (χ2v) is 2.92. The van der Waals surface area contributed by atoms with Gasteiger partial charge in [0, 0.05) is 12.3 Å². The summed E-state index contributed by atoms with van der Waals surface area (Å²) in [5.74, 6) is 0. The molecule has 0 spiro atoms. The Hall–Kier alpha value is -1.10. The maximum Gasteiger partial charge on any atom is 0.427 e. The third-order valence-electron chi connectivity index (χ3n) is 1.16. The number of carbonyl (C=O) groups is 1. The minimum atomic E-state index is -0.513. The number of nitrogens with one attached hydrogen (secondary N) is 1. The second-order valence-electron chi connectivity index (χ2n) is 2.92. The predicted molar refractivity (Wildman–Crippen MR) is 51.8 cm³/mol. The summed E-state index contributed by atoms with van der Waals surface area (Å²) in [4.78, 5) is 12.7. The Bertz CT molecular complexity index is 190. The molecule has 5 nitrogen and oxygen atoms in total. The van der Waals surface area contributed by atoms with E-state index in [1.165, 1.54) is 0 Å². The minimum absolute atomic E-state index is 0.355. The van der Waals surface area contributed by atoms with Crippen LogP contribution in [0, 0.1) is 0 Å². The van der Waals surface area contributed by atoms with Gasteiger partial charge in [-0.1, -0.05) is 0 Å². The smallest absolute Gasteiger partial charge is 0.427 e. The van der Waals surface area contributed by atoms with Crippen LogP contribution < -0.4 is 5.43 Å². The van der Waals surface area contributed by atoms with Crippen LogP contribution in [0.4, 0.5) is 4.79 Å². The summed E-state index contributed by atoms with van der Waals surface area (Å²) in [6.45, 7) is 4.66. The zero-order chi connectivity index (χ0) is 10.3. The third kappa shape index (κ3) is 7.27. The van der Waals surface area contributed by atoms with Crippen LogP contribution in [0.15, 0.2) is 5.10 Å². The molecule has 0 atom stereocenters. The zero-order valence-corrected chi connectivity index (χ0v) is 8.63. The summed E-state index contributed by atoms with van der Waals surface area (Å²) in [6.07, 6.45) is -0.513. The van der Waals surface area contributed by atoms with E-state index in [4.69, 9.17) is 0 Å². The van der Waals surface area contributed by atoms with Crippen LogP contribution in [-0.2, 0) is 4.74 Å². The van der Waals surface area contributed by atoms with Crippen molar-refractivity contribution in [3.8, 4) is 0 Å². The van der Waals surface area contributed by atoms with E-state index < -0.39 is 6.09 Å². The molecule has 0 rings (SSSR count). The van der Waals surface area contributed by atoms with Crippen molar-refractivity contribution in [3.05, 3.63) is 0 Å². The second kappa shape index (κ2) is 6.42. The summed E-state index contributed by atoms with van der Waals surface area (Å²) in [5, 5.41) is 3.83. The van der Waals surface area contributed by atoms with Crippen LogP contribution in [0.5, 0.6) is 0 Å². The van der Waals surface area contributed by atoms with E-state index in [1.807, 2.05) is 25.9 Å². The van der Waals surface area contributed by atoms with Crippen LogP contribution in [0.25, 0.3) is 0 Å². The third-order valence-corrected chi connectivity index (χ3v) is 1.16. The highest BCUT2D eigenvalue weighted by atomic mass is 16.5. The van der Waals surface area contributed by atoms with Gasteiger partial charge in [-0.15, -0.1) is 0 Å². The number of hydrogen-bond donors (Lipinski definition) is 1. The Morgan fingerprint density at radius 2 is 2.15 bits per heavy atom. The molecule has 5 heteroatoms. The van der Waals surface area contributed by atoms with E-state index in [-0.39, 0.29) is 0 Å². The minimum Gasteiger partial charge on any atom is -0.449 e. The van der Waals surface area contributed by atoms with Crippen molar-refractivity contribution >= 4 is 11.8 Å². The predicted octanol–water partition coefficient (Wildman–Crippen LogP) is 0.670. The number of carbonyl (C=O) groups excluding carboxylic acids is 1. The van der Waals surface area contributed by atoms with Gasteiger partial charge in [-0.05, 0) is 27.9 Å². The number of amides is 1. The number of nitrogens with zero attached hydrogens (tertiary/aromatic N) is 2. The van der Waals surface area contributed by atoms with Crippen molar-refractivity contribution in [1.82, 2.24) is 10.3 Å². The van der Waals surface area contributed by atoms with Gasteiger partial charge in [-0.25, -0.2) is 10.2 Å². The van der Waals surface area contributed by atoms with Crippen LogP contribution in [0.3, 0.4) is 0 Å². The number of hydrogen-bond acceptors (Lipinski definition) is 4. The molecule has 0 saturated carbocycles. The summed E-state index contributed by atoms with van der Waals surface area (Å²) in [6, 6.07) is 0. The van der Waals surface area contributed by atoms with Crippen LogP contribution >= 0.6 is 0 Å². The van der Waals surface area contributed by atoms with Gasteiger partial charge in [0.2, 0.25) is 0 Å². The van der Waals surface area contributed by atoms with Crippen molar-refractivity contribution in [2.24, 2.45) is 5.10 Å². The van der Waals surface area contributed by atoms with Gasteiger partial charge in [0.15, 0.2) is 0 Å². The molecule has 0 aliphatic carbocycles. The van der Waals surface area contributed by atoms with Crippen LogP contribution in [-0.4, -0.2) is 44.0 Å². The molecule has 0 saturated heterocycles. The normalized spacial score (nSPS) is 11.6. The van der Waals surface area contributed by atoms with Gasteiger partial charge in [-0.3, -0.25) is 0 Å². The van der Waals surface area contributed by atoms with Crippen molar-refractivity contribution in [3.63, 3.8) is 0 Å². The van der Waals surface area contributed by atoms with E-state index in [0.717, 1.165) is 5.71 Å². The van der Waals surface area contributed by atoms with Gasteiger partial charge in [0.25, 0.3) is 0 Å². The number of rotatable bonds is 4. The van der Waals surface area contributed by atoms with Crippen LogP contribution in [0.1, 0.15) is 13.8 Å². The highest BCUT2D eigenvalue weighted by Crippen LogP contribution is 1.81. The fourth-order valence-electron chi connectivity index (χ4n) is 0.797. The Morgan fingerprint density at radius 3 is 2.62 bits per heavy atom. The maximum atomic E-state index is 10.8. The average Bonchev–Trinajstić information content (AvgIpc) is 2.00. The molecular formula is C8H17N3O2. The first-order valence-corrected chi connectivity index (χ1v) is 4.17. The van der Waals surface area contributed by atoms with Gasteiger partial charge < -0.3 is 9.64 Å². The molecule has 0 aliphatic heterocycles. The molecule has 1 N–H and O–H groups in total. The summed E-state index contributed by atoms with van der Waals surface area (Å²) in [5.41, 5.74) is 3.12.